The van der Waals surface area contributed by atoms with Gasteiger partial charge in [0.25, 0.3) is 0 Å². The Hall–Kier alpha value is -4.36. The van der Waals surface area contributed by atoms with Crippen LogP contribution in [0.25, 0.3) is 0 Å². The summed E-state index contributed by atoms with van der Waals surface area (Å²) in [6, 6.07) is -1.47. The molecule has 4 amide bonds. The molecule has 0 aliphatic heterocycles. The quantitative estimate of drug-likeness (QED) is 0.0266. The number of hydrogen-bond acceptors (Lipinski definition) is 18. The number of nitrogens with zero attached hydrogens (tertiary/aromatic N) is 7. The number of anilines is 3. The minimum atomic E-state index is -3.51. The van der Waals surface area contributed by atoms with Gasteiger partial charge in [-0.1, -0.05) is 84.5 Å². The molecule has 0 bridgehead atoms. The molecule has 108 heavy (non-hydrogen) atoms. The smallest absolute Gasteiger partial charge is 0.354 e. The minimum absolute atomic E-state index is 0.0241. The van der Waals surface area contributed by atoms with Crippen molar-refractivity contribution in [3.05, 3.63) is 140 Å². The van der Waals surface area contributed by atoms with Gasteiger partial charge in [0.2, 0.25) is 19.1 Å². The lowest BCUT2D eigenvalue weighted by Crippen LogP contribution is -2.37. The summed E-state index contributed by atoms with van der Waals surface area (Å²) < 4.78 is 55.8. The molecular formula is C75H97Br4N13O9S6Si. The van der Waals surface area contributed by atoms with Gasteiger partial charge in [-0.25, -0.2) is 57.4 Å². The van der Waals surface area contributed by atoms with Gasteiger partial charge >= 0.3 is 12.1 Å². The third-order valence-corrected chi connectivity index (χ3v) is 40.9. The van der Waals surface area contributed by atoms with Gasteiger partial charge in [0.1, 0.15) is 0 Å². The number of aliphatic imine (C=N–C) groups is 1. The molecule has 22 nitrogen and oxygen atoms in total. The fourth-order valence-electron chi connectivity index (χ4n) is 15.2. The number of nitrogens with one attached hydrogen (secondary N) is 2. The van der Waals surface area contributed by atoms with Gasteiger partial charge in [0, 0.05) is 53.5 Å². The lowest BCUT2D eigenvalue weighted by molar-refractivity contribution is 0.0817. The fraction of sp³-hybridized carbons (Fsp3) is 0.520. The van der Waals surface area contributed by atoms with Crippen molar-refractivity contribution < 1.29 is 42.3 Å². The van der Waals surface area contributed by atoms with Crippen LogP contribution in [0, 0.1) is 0 Å². The summed E-state index contributed by atoms with van der Waals surface area (Å²) in [5.41, 5.74) is 27.5. The molecule has 0 radical (unpaired) electrons. The summed E-state index contributed by atoms with van der Waals surface area (Å²) in [4.78, 5) is 53.6. The summed E-state index contributed by atoms with van der Waals surface area (Å²) in [5, 5.41) is 53.5. The Kier molecular flexibility index (Phi) is 25.7. The molecule has 15 rings (SSSR count). The van der Waals surface area contributed by atoms with E-state index in [2.05, 4.69) is 128 Å². The van der Waals surface area contributed by atoms with Crippen LogP contribution in [0.2, 0.25) is 18.1 Å². The number of rotatable bonds is 10. The number of thiazole rings is 3. The number of halogens is 4. The van der Waals surface area contributed by atoms with E-state index in [0.29, 0.717) is 19.0 Å². The Balaban J connectivity index is 0.000000138. The molecular weight excluding hydrogens is 1770 g/mol. The van der Waals surface area contributed by atoms with E-state index in [9.17, 15) is 42.3 Å². The number of carbonyl (C=O) groups is 2. The first kappa shape index (κ1) is 84.5. The number of nitrogens with two attached hydrogens (primary N) is 4. The zero-order chi connectivity index (χ0) is 78.8. The number of hydrogen-bond donors (Lipinski definition) is 9. The highest BCUT2D eigenvalue weighted by Crippen LogP contribution is 2.49. The largest absolute Gasteiger partial charge is 0.398 e. The summed E-state index contributed by atoms with van der Waals surface area (Å²) >= 11 is 18.2. The normalized spacial score (nSPS) is 17.4. The van der Waals surface area contributed by atoms with Gasteiger partial charge < -0.3 is 31.7 Å². The SMILES string of the molecule is CC(C)(O)c1cnc(S(N)(=O)=NC(=O)Nc2c3c(c(Br)c4c2CCC4)CCC3)s1.CC(C)(O)c1cnc(S(N)(=O)=NC(=O)Nc2c3c(c(Br)c4c2CCC4)CCC3)s1.CC(C)(O)c1cnc(S(N)(=O)=N[Si](C)(C)C(C)(C)C)s1.Nc1c2c(c(Br)c3c1CCC3)CCC2.O=C=Nc1c2c(c(Br)c3c1CCC3)CCC2. The summed E-state index contributed by atoms with van der Waals surface area (Å²) in [7, 11) is -12.1. The van der Waals surface area contributed by atoms with Crippen molar-refractivity contribution >= 4 is 177 Å². The van der Waals surface area contributed by atoms with Crippen molar-refractivity contribution in [1.29, 1.82) is 0 Å². The van der Waals surface area contributed by atoms with Crippen LogP contribution in [0.1, 0.15) is 217 Å². The topological polar surface area (TPSA) is 379 Å². The number of fused-ring (bicyclic) bond motifs is 8. The van der Waals surface area contributed by atoms with E-state index in [1.54, 1.807) is 47.6 Å². The molecule has 3 aromatic heterocycles. The van der Waals surface area contributed by atoms with E-state index in [-0.39, 0.29) is 13.7 Å². The first-order valence-electron chi connectivity index (χ1n) is 36.5. The highest BCUT2D eigenvalue weighted by atomic mass is 79.9. The standard InChI is InChI=1S/2C19H23BrN4O3S2.C13H12BrNO.C12H14BrN.C12H25N3O2S2Si/c2*1-19(2,26)14-9-22-18(28-14)29(21,27)24-17(25)23-16-12-7-3-5-10(12)15(20)11-6-4-8-13(11)16;14-12-8-3-1-5-10(8)13(15-7-16)11-6-2-4-9(11)12;13-11-7-3-1-5-9(7)12(14)10-6-2-4-8(10)11;1-11(2,3)20(6,7)15-19(13,17)10-14-8-9(18-10)12(4,5)16/h2*9,26H,3-8H2,1-2H3,(H3,21,23,24,25,27);1-6H2;1-6,14H2;8,16H,1-7H3,(H2,13,15,17). The number of amides is 4. The van der Waals surface area contributed by atoms with E-state index >= 15 is 0 Å². The zero-order valence-corrected chi connectivity index (χ0v) is 75.1. The Bertz CT molecular complexity index is 4870. The molecule has 3 atom stereocenters. The monoisotopic (exact) mass is 1860 g/mol. The number of aliphatic hydroxyl groups is 3. The molecule has 8 aliphatic carbocycles. The molecule has 0 saturated heterocycles. The molecule has 13 N–H and O–H groups in total. The molecule has 7 aromatic rings. The highest BCUT2D eigenvalue weighted by Gasteiger charge is 2.39. The minimum Gasteiger partial charge on any atom is -0.398 e. The second-order valence-corrected chi connectivity index (χ2v) is 49.1. The third kappa shape index (κ3) is 18.1. The predicted molar refractivity (Wildman–Crippen MR) is 451 cm³/mol. The van der Waals surface area contributed by atoms with Crippen LogP contribution in [0.3, 0.4) is 0 Å². The average molecular weight is 1860 g/mol. The molecule has 3 heterocycles. The molecule has 0 fully saturated rings. The third-order valence-electron chi connectivity index (χ3n) is 21.6. The molecule has 584 valence electrons. The van der Waals surface area contributed by atoms with Gasteiger partial charge in [-0.15, -0.1) is 42.7 Å². The lowest BCUT2D eigenvalue weighted by atomic mass is 9.99. The number of nitrogen functional groups attached to an aromatic ring is 1. The van der Waals surface area contributed by atoms with Crippen LogP contribution in [0.5, 0.6) is 0 Å². The Morgan fingerprint density at radius 3 is 0.944 bits per heavy atom. The van der Waals surface area contributed by atoms with Crippen molar-refractivity contribution in [1.82, 2.24) is 15.0 Å². The fourth-order valence-corrected chi connectivity index (χ4v) is 28.9. The zero-order valence-electron chi connectivity index (χ0n) is 62.9. The number of benzene rings is 4. The van der Waals surface area contributed by atoms with Crippen molar-refractivity contribution in [3.8, 4) is 0 Å². The van der Waals surface area contributed by atoms with E-state index in [1.165, 1.54) is 155 Å². The van der Waals surface area contributed by atoms with Gasteiger partial charge in [-0.2, -0.15) is 4.99 Å². The van der Waals surface area contributed by atoms with Crippen molar-refractivity contribution in [2.45, 2.75) is 264 Å². The van der Waals surface area contributed by atoms with E-state index in [1.807, 2.05) is 13.1 Å². The Morgan fingerprint density at radius 1 is 0.444 bits per heavy atom. The van der Waals surface area contributed by atoms with E-state index in [4.69, 9.17) is 21.2 Å². The Morgan fingerprint density at radius 2 is 0.685 bits per heavy atom. The van der Waals surface area contributed by atoms with Crippen LogP contribution >= 0.6 is 97.7 Å². The summed E-state index contributed by atoms with van der Waals surface area (Å²) in [6.07, 6.45) is 31.8. The molecule has 0 saturated carbocycles. The van der Waals surface area contributed by atoms with Gasteiger partial charge in [0.15, 0.2) is 38.0 Å². The number of urea groups is 2. The van der Waals surface area contributed by atoms with Crippen molar-refractivity contribution in [3.63, 3.8) is 0 Å². The highest BCUT2D eigenvalue weighted by molar-refractivity contribution is 9.11. The van der Waals surface area contributed by atoms with Gasteiger partial charge in [-0.3, -0.25) is 4.03 Å². The van der Waals surface area contributed by atoms with Crippen LogP contribution in [-0.4, -0.2) is 69.3 Å². The molecule has 4 aromatic carbocycles. The van der Waals surface area contributed by atoms with Crippen LogP contribution in [-0.2, 0) is 154 Å². The van der Waals surface area contributed by atoms with Crippen molar-refractivity contribution in [2.75, 3.05) is 16.4 Å². The number of isocyanates is 1. The van der Waals surface area contributed by atoms with Crippen LogP contribution in [0.4, 0.5) is 32.3 Å². The maximum atomic E-state index is 12.9. The molecule has 8 aliphatic rings. The lowest BCUT2D eigenvalue weighted by Gasteiger charge is -2.32. The molecule has 3 unspecified atom stereocenters. The second kappa shape index (κ2) is 32.9. The van der Waals surface area contributed by atoms with Crippen LogP contribution in [0.15, 0.2) is 67.2 Å². The van der Waals surface area contributed by atoms with Gasteiger partial charge in [0.05, 0.1) is 37.1 Å². The number of aromatic nitrogens is 3. The molecule has 33 heteroatoms. The predicted octanol–water partition coefficient (Wildman–Crippen LogP) is 17.6. The summed E-state index contributed by atoms with van der Waals surface area (Å²) in [5.74, 6) is 0. The van der Waals surface area contributed by atoms with E-state index < -0.39 is 66.8 Å². The van der Waals surface area contributed by atoms with Gasteiger partial charge in [-0.05, 0) is 303 Å². The summed E-state index contributed by atoms with van der Waals surface area (Å²) in [6.45, 7) is 20.1. The van der Waals surface area contributed by atoms with Crippen molar-refractivity contribution in [2.24, 2.45) is 33.2 Å². The average Bonchev–Trinajstić information content (AvgIpc) is 1.58. The second-order valence-electron chi connectivity index (χ2n) is 31.8. The Labute approximate surface area is 681 Å². The first-order chi connectivity index (χ1) is 50.4. The maximum absolute atomic E-state index is 12.9. The van der Waals surface area contributed by atoms with E-state index in [0.717, 1.165) is 182 Å². The van der Waals surface area contributed by atoms with Crippen LogP contribution < -0.4 is 31.8 Å². The molecule has 0 spiro atoms. The maximum Gasteiger partial charge on any atom is 0.354 e. The number of carbonyl (C=O) groups excluding carboxylic acids is 3. The first-order valence-corrected chi connectivity index (χ1v) is 49.8.